The Labute approximate surface area is 181 Å². The first kappa shape index (κ1) is 28.1. The van der Waals surface area contributed by atoms with E-state index < -0.39 is 0 Å². The lowest BCUT2D eigenvalue weighted by Crippen LogP contribution is -2.33. The summed E-state index contributed by atoms with van der Waals surface area (Å²) < 4.78 is 0. The molecule has 0 saturated heterocycles. The lowest BCUT2D eigenvalue weighted by Gasteiger charge is -2.12. The van der Waals surface area contributed by atoms with Crippen molar-refractivity contribution in [3.8, 4) is 0 Å². The van der Waals surface area contributed by atoms with E-state index in [2.05, 4.69) is 29.5 Å². The third-order valence-electron chi connectivity index (χ3n) is 5.22. The summed E-state index contributed by atoms with van der Waals surface area (Å²) in [6, 6.07) is 0.00683. The minimum Gasteiger partial charge on any atom is -0.356 e. The average Bonchev–Trinajstić information content (AvgIpc) is 2.70. The van der Waals surface area contributed by atoms with Gasteiger partial charge in [-0.2, -0.15) is 0 Å². The number of hydrogen-bond donors (Lipinski definition) is 4. The number of unbranched alkanes of at least 4 members (excludes halogenated alkanes) is 9. The van der Waals surface area contributed by atoms with Crippen LogP contribution in [-0.4, -0.2) is 44.7 Å². The zero-order valence-corrected chi connectivity index (χ0v) is 19.3. The van der Waals surface area contributed by atoms with Crippen molar-refractivity contribution >= 4 is 5.91 Å². The van der Waals surface area contributed by atoms with Crippen molar-refractivity contribution in [2.24, 2.45) is 5.73 Å². The molecule has 0 aromatic carbocycles. The largest absolute Gasteiger partial charge is 0.356 e. The molecule has 0 aromatic heterocycles. The van der Waals surface area contributed by atoms with Crippen molar-refractivity contribution in [2.75, 3.05) is 32.7 Å². The van der Waals surface area contributed by atoms with Crippen LogP contribution in [0.15, 0.2) is 12.7 Å². The summed E-state index contributed by atoms with van der Waals surface area (Å²) in [6.45, 7) is 10.6. The number of amides is 1. The zero-order chi connectivity index (χ0) is 21.4. The molecule has 0 aliphatic heterocycles. The first-order chi connectivity index (χ1) is 14.2. The summed E-state index contributed by atoms with van der Waals surface area (Å²) in [7, 11) is 0. The number of nitrogens with one attached hydrogen (secondary N) is 3. The molecule has 5 heteroatoms. The molecule has 0 unspecified atom stereocenters. The predicted molar refractivity (Wildman–Crippen MR) is 127 cm³/mol. The van der Waals surface area contributed by atoms with E-state index in [0.717, 1.165) is 52.0 Å². The van der Waals surface area contributed by atoms with Gasteiger partial charge in [-0.15, -0.1) is 6.58 Å². The van der Waals surface area contributed by atoms with Crippen molar-refractivity contribution in [1.29, 1.82) is 0 Å². The molecule has 0 rings (SSSR count). The number of hydrogen-bond acceptors (Lipinski definition) is 4. The fraction of sp³-hybridized carbons (Fsp3) is 0.875. The first-order valence-electron chi connectivity index (χ1n) is 12.2. The second-order valence-electron chi connectivity index (χ2n) is 8.23. The maximum atomic E-state index is 11.9. The molecule has 1 amide bonds. The van der Waals surface area contributed by atoms with Crippen LogP contribution in [0.3, 0.4) is 0 Å². The third kappa shape index (κ3) is 23.2. The fourth-order valence-corrected chi connectivity index (χ4v) is 3.40. The molecule has 0 aliphatic rings. The summed E-state index contributed by atoms with van der Waals surface area (Å²) in [6.07, 6.45) is 18.5. The molecule has 0 radical (unpaired) electrons. The van der Waals surface area contributed by atoms with Gasteiger partial charge in [-0.25, -0.2) is 0 Å². The molecule has 5 nitrogen and oxygen atoms in total. The van der Waals surface area contributed by atoms with Gasteiger partial charge >= 0.3 is 0 Å². The molecule has 0 heterocycles. The van der Waals surface area contributed by atoms with E-state index in [9.17, 15) is 4.79 Å². The van der Waals surface area contributed by atoms with Crippen molar-refractivity contribution in [2.45, 2.75) is 103 Å². The van der Waals surface area contributed by atoms with E-state index in [1.54, 1.807) is 0 Å². The lowest BCUT2D eigenvalue weighted by atomic mass is 10.0. The second-order valence-corrected chi connectivity index (χ2v) is 8.23. The van der Waals surface area contributed by atoms with E-state index in [4.69, 9.17) is 5.73 Å². The highest BCUT2D eigenvalue weighted by molar-refractivity contribution is 5.76. The monoisotopic (exact) mass is 410 g/mol. The van der Waals surface area contributed by atoms with Gasteiger partial charge in [0.25, 0.3) is 0 Å². The topological polar surface area (TPSA) is 79.2 Å². The SMILES string of the molecule is C=CCNCCCCNCCCNC(=O)C[C@H](N)CCCCCCCCCCC. The number of carbonyl (C=O) groups is 1. The first-order valence-corrected chi connectivity index (χ1v) is 12.2. The predicted octanol–water partition coefficient (Wildman–Crippen LogP) is 4.28. The Kier molecular flexibility index (Phi) is 22.6. The van der Waals surface area contributed by atoms with Crippen LogP contribution in [0.2, 0.25) is 0 Å². The quantitative estimate of drug-likeness (QED) is 0.150. The van der Waals surface area contributed by atoms with Gasteiger partial charge in [0, 0.05) is 25.6 Å². The Morgan fingerprint density at radius 3 is 2.07 bits per heavy atom. The zero-order valence-electron chi connectivity index (χ0n) is 19.3. The van der Waals surface area contributed by atoms with Crippen LogP contribution in [0.5, 0.6) is 0 Å². The van der Waals surface area contributed by atoms with E-state index in [1.165, 1.54) is 64.2 Å². The Balaban J connectivity index is 3.31. The van der Waals surface area contributed by atoms with E-state index in [1.807, 2.05) is 6.08 Å². The smallest absolute Gasteiger partial charge is 0.221 e. The maximum absolute atomic E-state index is 11.9. The molecule has 0 fully saturated rings. The van der Waals surface area contributed by atoms with Gasteiger partial charge in [-0.1, -0.05) is 70.8 Å². The van der Waals surface area contributed by atoms with Crippen LogP contribution in [0, 0.1) is 0 Å². The summed E-state index contributed by atoms with van der Waals surface area (Å²) in [5, 5.41) is 9.72. The normalized spacial score (nSPS) is 12.1. The van der Waals surface area contributed by atoms with Crippen molar-refractivity contribution in [3.63, 3.8) is 0 Å². The van der Waals surface area contributed by atoms with Crippen LogP contribution < -0.4 is 21.7 Å². The molecule has 29 heavy (non-hydrogen) atoms. The lowest BCUT2D eigenvalue weighted by molar-refractivity contribution is -0.121. The van der Waals surface area contributed by atoms with Crippen molar-refractivity contribution < 1.29 is 4.79 Å². The Bertz CT molecular complexity index is 363. The Morgan fingerprint density at radius 1 is 0.828 bits per heavy atom. The van der Waals surface area contributed by atoms with E-state index in [0.29, 0.717) is 6.42 Å². The molecule has 0 bridgehead atoms. The minimum atomic E-state index is 0.00683. The van der Waals surface area contributed by atoms with Gasteiger partial charge in [-0.3, -0.25) is 4.79 Å². The van der Waals surface area contributed by atoms with Crippen LogP contribution in [0.4, 0.5) is 0 Å². The van der Waals surface area contributed by atoms with Crippen molar-refractivity contribution in [1.82, 2.24) is 16.0 Å². The highest BCUT2D eigenvalue weighted by atomic mass is 16.1. The van der Waals surface area contributed by atoms with Gasteiger partial charge in [0.15, 0.2) is 0 Å². The van der Waals surface area contributed by atoms with Crippen molar-refractivity contribution in [3.05, 3.63) is 12.7 Å². The highest BCUT2D eigenvalue weighted by Crippen LogP contribution is 2.11. The Morgan fingerprint density at radius 2 is 1.41 bits per heavy atom. The van der Waals surface area contributed by atoms with Crippen LogP contribution in [-0.2, 0) is 4.79 Å². The van der Waals surface area contributed by atoms with Gasteiger partial charge < -0.3 is 21.7 Å². The maximum Gasteiger partial charge on any atom is 0.221 e. The molecule has 0 saturated carbocycles. The Hall–Kier alpha value is -0.910. The molecule has 5 N–H and O–H groups in total. The summed E-state index contributed by atoms with van der Waals surface area (Å²) in [4.78, 5) is 11.9. The van der Waals surface area contributed by atoms with Gasteiger partial charge in [-0.05, 0) is 45.3 Å². The summed E-state index contributed by atoms with van der Waals surface area (Å²) in [5.74, 6) is 0.0988. The van der Waals surface area contributed by atoms with Gasteiger partial charge in [0.2, 0.25) is 5.91 Å². The summed E-state index contributed by atoms with van der Waals surface area (Å²) in [5.41, 5.74) is 6.12. The molecule has 172 valence electrons. The van der Waals surface area contributed by atoms with Crippen LogP contribution in [0.1, 0.15) is 96.8 Å². The molecular formula is C24H50N4O. The number of nitrogens with two attached hydrogens (primary N) is 1. The molecule has 0 spiro atoms. The standard InChI is InChI=1S/C24H50N4O/c1-3-5-6-7-8-9-10-11-12-16-23(25)22-24(29)28-21-15-20-27-19-14-13-18-26-17-4-2/h4,23,26-27H,2-3,5-22,25H2,1H3,(H,28,29)/t23-/m1/s1. The average molecular weight is 411 g/mol. The highest BCUT2D eigenvalue weighted by Gasteiger charge is 2.08. The minimum absolute atomic E-state index is 0.00683. The third-order valence-corrected chi connectivity index (χ3v) is 5.22. The summed E-state index contributed by atoms with van der Waals surface area (Å²) >= 11 is 0. The number of carbonyl (C=O) groups excluding carboxylic acids is 1. The van der Waals surface area contributed by atoms with E-state index >= 15 is 0 Å². The van der Waals surface area contributed by atoms with Gasteiger partial charge in [0.1, 0.15) is 0 Å². The van der Waals surface area contributed by atoms with E-state index in [-0.39, 0.29) is 11.9 Å². The molecular weight excluding hydrogens is 360 g/mol. The van der Waals surface area contributed by atoms with Crippen LogP contribution in [0.25, 0.3) is 0 Å². The second kappa shape index (κ2) is 23.4. The molecule has 0 aliphatic carbocycles. The molecule has 0 aromatic rings. The number of rotatable bonds is 23. The molecule has 1 atom stereocenters. The fourth-order valence-electron chi connectivity index (χ4n) is 3.40. The van der Waals surface area contributed by atoms with Crippen LogP contribution >= 0.6 is 0 Å². The van der Waals surface area contributed by atoms with Gasteiger partial charge in [0.05, 0.1) is 0 Å².